The third-order valence-corrected chi connectivity index (χ3v) is 3.86. The normalized spacial score (nSPS) is 11.6. The van der Waals surface area contributed by atoms with Gasteiger partial charge in [0.2, 0.25) is 4.96 Å². The molecule has 7 heteroatoms. The Morgan fingerprint density at radius 1 is 1.32 bits per heavy atom. The molecule has 19 heavy (non-hydrogen) atoms. The molecule has 2 heterocycles. The zero-order chi connectivity index (χ0) is 13.6. The number of halogens is 2. The van der Waals surface area contributed by atoms with Crippen molar-refractivity contribution in [2.24, 2.45) is 0 Å². The highest BCUT2D eigenvalue weighted by molar-refractivity contribution is 7.19. The Labute approximate surface area is 117 Å². The second-order valence-corrected chi connectivity index (χ2v) is 5.83. The van der Waals surface area contributed by atoms with Gasteiger partial charge in [0.1, 0.15) is 5.82 Å². The first-order valence-electron chi connectivity index (χ1n) is 5.74. The molecule has 0 N–H and O–H groups in total. The number of rotatable bonds is 2. The van der Waals surface area contributed by atoms with Crippen LogP contribution < -0.4 is 0 Å². The minimum Gasteiger partial charge on any atom is -0.206 e. The highest BCUT2D eigenvalue weighted by atomic mass is 35.5. The molecule has 0 bridgehead atoms. The molecule has 0 unspecified atom stereocenters. The molecule has 3 rings (SSSR count). The highest BCUT2D eigenvalue weighted by Gasteiger charge is 2.17. The topological polar surface area (TPSA) is 43.1 Å². The third-order valence-electron chi connectivity index (χ3n) is 2.69. The molecule has 0 amide bonds. The predicted octanol–water partition coefficient (Wildman–Crippen LogP) is 3.77. The fourth-order valence-electron chi connectivity index (χ4n) is 1.76. The van der Waals surface area contributed by atoms with E-state index in [0.29, 0.717) is 20.6 Å². The summed E-state index contributed by atoms with van der Waals surface area (Å²) in [4.78, 5) is 0.651. The van der Waals surface area contributed by atoms with Crippen LogP contribution in [-0.2, 0) is 0 Å². The molecule has 1 aromatic carbocycles. The standard InChI is InChI=1S/C12H10ClFN4S/c1-6(2)10-15-16-12-18(10)17-11(19-12)8-5-7(13)3-4-9(8)14/h3-6H,1-2H3. The van der Waals surface area contributed by atoms with Gasteiger partial charge in [-0.05, 0) is 18.2 Å². The van der Waals surface area contributed by atoms with Gasteiger partial charge in [0.05, 0.1) is 0 Å². The van der Waals surface area contributed by atoms with E-state index in [1.54, 1.807) is 10.6 Å². The van der Waals surface area contributed by atoms with Crippen LogP contribution in [0.3, 0.4) is 0 Å². The van der Waals surface area contributed by atoms with E-state index in [2.05, 4.69) is 15.3 Å². The summed E-state index contributed by atoms with van der Waals surface area (Å²) in [5, 5.41) is 13.5. The van der Waals surface area contributed by atoms with Gasteiger partial charge in [-0.2, -0.15) is 9.61 Å². The molecule has 0 saturated carbocycles. The minimum atomic E-state index is -0.347. The van der Waals surface area contributed by atoms with Crippen LogP contribution in [0.15, 0.2) is 18.2 Å². The molecule has 4 nitrogen and oxygen atoms in total. The van der Waals surface area contributed by atoms with Gasteiger partial charge in [-0.25, -0.2) is 4.39 Å². The molecule has 0 saturated heterocycles. The van der Waals surface area contributed by atoms with Crippen molar-refractivity contribution in [2.75, 3.05) is 0 Å². The highest BCUT2D eigenvalue weighted by Crippen LogP contribution is 2.30. The van der Waals surface area contributed by atoms with Crippen molar-refractivity contribution in [3.8, 4) is 10.6 Å². The van der Waals surface area contributed by atoms with Gasteiger partial charge in [-0.1, -0.05) is 36.8 Å². The summed E-state index contributed by atoms with van der Waals surface area (Å²) in [6, 6.07) is 4.42. The van der Waals surface area contributed by atoms with Crippen LogP contribution in [0.25, 0.3) is 15.5 Å². The summed E-state index contributed by atoms with van der Waals surface area (Å²) in [7, 11) is 0. The van der Waals surface area contributed by atoms with Crippen molar-refractivity contribution in [3.63, 3.8) is 0 Å². The number of hydrogen-bond donors (Lipinski definition) is 0. The van der Waals surface area contributed by atoms with Crippen molar-refractivity contribution in [3.05, 3.63) is 34.9 Å². The first kappa shape index (κ1) is 12.5. The predicted molar refractivity (Wildman–Crippen MR) is 73.2 cm³/mol. The van der Waals surface area contributed by atoms with E-state index in [-0.39, 0.29) is 11.7 Å². The van der Waals surface area contributed by atoms with Gasteiger partial charge in [0, 0.05) is 16.5 Å². The smallest absolute Gasteiger partial charge is 0.206 e. The van der Waals surface area contributed by atoms with E-state index in [9.17, 15) is 4.39 Å². The maximum Gasteiger partial charge on any atom is 0.234 e. The molecule has 0 fully saturated rings. The van der Waals surface area contributed by atoms with E-state index in [4.69, 9.17) is 11.6 Å². The van der Waals surface area contributed by atoms with Gasteiger partial charge < -0.3 is 0 Å². The van der Waals surface area contributed by atoms with E-state index in [1.165, 1.54) is 23.5 Å². The van der Waals surface area contributed by atoms with Crippen LogP contribution >= 0.6 is 22.9 Å². The van der Waals surface area contributed by atoms with Gasteiger partial charge in [0.25, 0.3) is 0 Å². The van der Waals surface area contributed by atoms with Crippen molar-refractivity contribution >= 4 is 27.9 Å². The Morgan fingerprint density at radius 2 is 2.11 bits per heavy atom. The summed E-state index contributed by atoms with van der Waals surface area (Å²) < 4.78 is 15.5. The average Bonchev–Trinajstić information content (AvgIpc) is 2.91. The first-order valence-corrected chi connectivity index (χ1v) is 6.93. The summed E-state index contributed by atoms with van der Waals surface area (Å²) in [6.07, 6.45) is 0. The second-order valence-electron chi connectivity index (χ2n) is 4.44. The fourth-order valence-corrected chi connectivity index (χ4v) is 2.80. The lowest BCUT2D eigenvalue weighted by Crippen LogP contribution is -1.98. The number of benzene rings is 1. The van der Waals surface area contributed by atoms with Crippen molar-refractivity contribution in [1.82, 2.24) is 19.8 Å². The Hall–Kier alpha value is -1.53. The maximum atomic E-state index is 13.8. The van der Waals surface area contributed by atoms with E-state index < -0.39 is 0 Å². The molecule has 0 radical (unpaired) electrons. The number of hydrogen-bond acceptors (Lipinski definition) is 4. The van der Waals surface area contributed by atoms with Crippen LogP contribution in [0, 0.1) is 5.82 Å². The van der Waals surface area contributed by atoms with Gasteiger partial charge in [0.15, 0.2) is 10.8 Å². The number of nitrogens with zero attached hydrogens (tertiary/aromatic N) is 4. The van der Waals surface area contributed by atoms with Crippen LogP contribution in [0.1, 0.15) is 25.6 Å². The number of aromatic nitrogens is 4. The van der Waals surface area contributed by atoms with Gasteiger partial charge in [-0.15, -0.1) is 10.2 Å². The maximum absolute atomic E-state index is 13.8. The summed E-state index contributed by atoms with van der Waals surface area (Å²) in [5.41, 5.74) is 0.387. The lowest BCUT2D eigenvalue weighted by molar-refractivity contribution is 0.630. The third kappa shape index (κ3) is 2.11. The molecule has 0 spiro atoms. The van der Waals surface area contributed by atoms with E-state index in [0.717, 1.165) is 5.82 Å². The van der Waals surface area contributed by atoms with E-state index in [1.807, 2.05) is 13.8 Å². The molecule has 2 aromatic heterocycles. The fraction of sp³-hybridized carbons (Fsp3) is 0.250. The molecule has 98 valence electrons. The molecule has 0 atom stereocenters. The molecule has 3 aromatic rings. The zero-order valence-electron chi connectivity index (χ0n) is 10.3. The van der Waals surface area contributed by atoms with Crippen LogP contribution in [0.5, 0.6) is 0 Å². The Balaban J connectivity index is 2.18. The van der Waals surface area contributed by atoms with Crippen molar-refractivity contribution in [1.29, 1.82) is 0 Å². The lowest BCUT2D eigenvalue weighted by atomic mass is 10.2. The minimum absolute atomic E-state index is 0.203. The quantitative estimate of drug-likeness (QED) is 0.723. The molecular formula is C12H10ClFN4S. The van der Waals surface area contributed by atoms with Crippen LogP contribution in [0.4, 0.5) is 4.39 Å². The zero-order valence-corrected chi connectivity index (χ0v) is 11.8. The Kier molecular flexibility index (Phi) is 2.99. The van der Waals surface area contributed by atoms with Crippen molar-refractivity contribution < 1.29 is 4.39 Å². The lowest BCUT2D eigenvalue weighted by Gasteiger charge is -2.00. The second kappa shape index (κ2) is 4.54. The summed E-state index contributed by atoms with van der Waals surface area (Å²) >= 11 is 7.19. The summed E-state index contributed by atoms with van der Waals surface area (Å²) in [6.45, 7) is 4.02. The Bertz CT molecular complexity index is 749. The van der Waals surface area contributed by atoms with E-state index >= 15 is 0 Å². The molecule has 0 aliphatic rings. The number of fused-ring (bicyclic) bond motifs is 1. The van der Waals surface area contributed by atoms with Crippen LogP contribution in [-0.4, -0.2) is 19.8 Å². The molecule has 0 aliphatic heterocycles. The van der Waals surface area contributed by atoms with Gasteiger partial charge >= 0.3 is 0 Å². The first-order chi connectivity index (χ1) is 9.06. The monoisotopic (exact) mass is 296 g/mol. The van der Waals surface area contributed by atoms with Crippen molar-refractivity contribution in [2.45, 2.75) is 19.8 Å². The molecular weight excluding hydrogens is 287 g/mol. The largest absolute Gasteiger partial charge is 0.234 e. The summed E-state index contributed by atoms with van der Waals surface area (Å²) in [5.74, 6) is 0.620. The molecule has 0 aliphatic carbocycles. The van der Waals surface area contributed by atoms with Crippen LogP contribution in [0.2, 0.25) is 5.02 Å². The van der Waals surface area contributed by atoms with Gasteiger partial charge in [-0.3, -0.25) is 0 Å². The average molecular weight is 297 g/mol. The Morgan fingerprint density at radius 3 is 2.84 bits per heavy atom. The SMILES string of the molecule is CC(C)c1nnc2sc(-c3cc(Cl)ccc3F)nn12.